The van der Waals surface area contributed by atoms with E-state index in [1.807, 2.05) is 24.3 Å². The first-order chi connectivity index (χ1) is 9.85. The van der Waals surface area contributed by atoms with Crippen molar-refractivity contribution in [3.05, 3.63) is 30.6 Å². The summed E-state index contributed by atoms with van der Waals surface area (Å²) in [4.78, 5) is 10.3. The van der Waals surface area contributed by atoms with E-state index < -0.39 is 0 Å². The number of hydrogen-bond donors (Lipinski definition) is 2. The standard InChI is InChI=1S/C14H15N3O3/c18-7-5-17(6-8-19)14-13-12(15-9-16-14)10-3-1-2-4-11(10)20-13/h1-4,9,18-19H,5-8H2. The first kappa shape index (κ1) is 12.8. The van der Waals surface area contributed by atoms with Gasteiger partial charge in [0, 0.05) is 18.5 Å². The SMILES string of the molecule is OCCN(CCO)c1ncnc2c1oc1ccccc12. The Hall–Kier alpha value is -2.18. The summed E-state index contributed by atoms with van der Waals surface area (Å²) >= 11 is 0. The highest BCUT2D eigenvalue weighted by molar-refractivity contribution is 6.05. The Morgan fingerprint density at radius 1 is 1.05 bits per heavy atom. The summed E-state index contributed by atoms with van der Waals surface area (Å²) in [5, 5.41) is 19.2. The number of aromatic nitrogens is 2. The van der Waals surface area contributed by atoms with Crippen LogP contribution in [0.25, 0.3) is 22.1 Å². The van der Waals surface area contributed by atoms with Crippen molar-refractivity contribution < 1.29 is 14.6 Å². The molecule has 6 nitrogen and oxygen atoms in total. The van der Waals surface area contributed by atoms with E-state index in [0.29, 0.717) is 24.5 Å². The van der Waals surface area contributed by atoms with Crippen molar-refractivity contribution in [1.82, 2.24) is 9.97 Å². The van der Waals surface area contributed by atoms with Gasteiger partial charge in [-0.1, -0.05) is 12.1 Å². The third-order valence-electron chi connectivity index (χ3n) is 3.18. The zero-order chi connectivity index (χ0) is 13.9. The number of nitrogens with zero attached hydrogens (tertiary/aromatic N) is 3. The monoisotopic (exact) mass is 273 g/mol. The van der Waals surface area contributed by atoms with E-state index in [1.54, 1.807) is 4.90 Å². The van der Waals surface area contributed by atoms with Gasteiger partial charge < -0.3 is 19.5 Å². The molecule has 2 heterocycles. The first-order valence-corrected chi connectivity index (χ1v) is 6.44. The van der Waals surface area contributed by atoms with Crippen molar-refractivity contribution in [2.45, 2.75) is 0 Å². The molecule has 20 heavy (non-hydrogen) atoms. The summed E-state index contributed by atoms with van der Waals surface area (Å²) in [6, 6.07) is 7.65. The van der Waals surface area contributed by atoms with Gasteiger partial charge in [-0.3, -0.25) is 0 Å². The number of para-hydroxylation sites is 1. The van der Waals surface area contributed by atoms with E-state index in [0.717, 1.165) is 16.5 Å². The van der Waals surface area contributed by atoms with E-state index >= 15 is 0 Å². The van der Waals surface area contributed by atoms with Gasteiger partial charge in [0.25, 0.3) is 0 Å². The highest BCUT2D eigenvalue weighted by Gasteiger charge is 2.17. The number of hydrogen-bond acceptors (Lipinski definition) is 6. The molecule has 0 unspecified atom stereocenters. The highest BCUT2D eigenvalue weighted by atomic mass is 16.3. The van der Waals surface area contributed by atoms with Crippen LogP contribution in [-0.2, 0) is 0 Å². The molecule has 0 bridgehead atoms. The Kier molecular flexibility index (Phi) is 3.49. The van der Waals surface area contributed by atoms with Crippen molar-refractivity contribution in [1.29, 1.82) is 0 Å². The number of fused-ring (bicyclic) bond motifs is 3. The summed E-state index contributed by atoms with van der Waals surface area (Å²) in [6.45, 7) is 0.713. The predicted molar refractivity (Wildman–Crippen MR) is 75.7 cm³/mol. The molecule has 3 aromatic rings. The lowest BCUT2D eigenvalue weighted by Gasteiger charge is -2.21. The predicted octanol–water partition coefficient (Wildman–Crippen LogP) is 1.17. The molecule has 0 spiro atoms. The quantitative estimate of drug-likeness (QED) is 0.726. The minimum absolute atomic E-state index is 0.0221. The van der Waals surface area contributed by atoms with Crippen LogP contribution in [0.5, 0.6) is 0 Å². The van der Waals surface area contributed by atoms with Crippen LogP contribution in [-0.4, -0.2) is 46.5 Å². The van der Waals surface area contributed by atoms with Crippen molar-refractivity contribution in [3.63, 3.8) is 0 Å². The molecular formula is C14H15N3O3. The van der Waals surface area contributed by atoms with Gasteiger partial charge in [-0.2, -0.15) is 0 Å². The van der Waals surface area contributed by atoms with Crippen LogP contribution in [0, 0.1) is 0 Å². The lowest BCUT2D eigenvalue weighted by atomic mass is 10.2. The summed E-state index contributed by atoms with van der Waals surface area (Å²) < 4.78 is 5.83. The second-order valence-electron chi connectivity index (χ2n) is 4.41. The molecule has 0 aliphatic carbocycles. The minimum Gasteiger partial charge on any atom is -0.450 e. The third-order valence-corrected chi connectivity index (χ3v) is 3.18. The zero-order valence-corrected chi connectivity index (χ0v) is 10.9. The van der Waals surface area contributed by atoms with Crippen LogP contribution >= 0.6 is 0 Å². The average molecular weight is 273 g/mol. The first-order valence-electron chi connectivity index (χ1n) is 6.44. The summed E-state index contributed by atoms with van der Waals surface area (Å²) in [5.74, 6) is 0.592. The number of benzene rings is 1. The van der Waals surface area contributed by atoms with Crippen LogP contribution in [0.15, 0.2) is 35.0 Å². The second kappa shape index (κ2) is 5.44. The van der Waals surface area contributed by atoms with Crippen LogP contribution in [0.4, 0.5) is 5.82 Å². The molecule has 0 amide bonds. The number of rotatable bonds is 5. The fourth-order valence-corrected chi connectivity index (χ4v) is 2.30. The van der Waals surface area contributed by atoms with Gasteiger partial charge >= 0.3 is 0 Å². The Morgan fingerprint density at radius 2 is 1.80 bits per heavy atom. The molecule has 0 fully saturated rings. The zero-order valence-electron chi connectivity index (χ0n) is 10.9. The van der Waals surface area contributed by atoms with Crippen LogP contribution in [0.3, 0.4) is 0 Å². The number of aliphatic hydroxyl groups excluding tert-OH is 2. The van der Waals surface area contributed by atoms with Gasteiger partial charge in [-0.25, -0.2) is 9.97 Å². The third kappa shape index (κ3) is 2.09. The van der Waals surface area contributed by atoms with Crippen LogP contribution in [0.1, 0.15) is 0 Å². The van der Waals surface area contributed by atoms with Gasteiger partial charge in [0.15, 0.2) is 11.4 Å². The number of aliphatic hydroxyl groups is 2. The fraction of sp³-hybridized carbons (Fsp3) is 0.286. The molecular weight excluding hydrogens is 258 g/mol. The maximum atomic E-state index is 9.14. The molecule has 0 aliphatic rings. The molecule has 0 saturated carbocycles. The van der Waals surface area contributed by atoms with Gasteiger partial charge in [0.2, 0.25) is 0 Å². The normalized spacial score (nSPS) is 11.3. The Labute approximate surface area is 115 Å². The van der Waals surface area contributed by atoms with Crippen molar-refractivity contribution in [2.24, 2.45) is 0 Å². The Bertz CT molecular complexity index is 720. The largest absolute Gasteiger partial charge is 0.450 e. The molecule has 104 valence electrons. The number of furan rings is 1. The minimum atomic E-state index is -0.0221. The second-order valence-corrected chi connectivity index (χ2v) is 4.41. The molecule has 3 rings (SSSR count). The fourth-order valence-electron chi connectivity index (χ4n) is 2.30. The van der Waals surface area contributed by atoms with Crippen molar-refractivity contribution >= 4 is 27.9 Å². The lowest BCUT2D eigenvalue weighted by Crippen LogP contribution is -2.30. The molecule has 0 atom stereocenters. The summed E-state index contributed by atoms with van der Waals surface area (Å²) in [6.07, 6.45) is 1.47. The topological polar surface area (TPSA) is 82.6 Å². The maximum absolute atomic E-state index is 9.14. The Balaban J connectivity index is 2.19. The summed E-state index contributed by atoms with van der Waals surface area (Å²) in [5.41, 5.74) is 2.07. The molecule has 2 N–H and O–H groups in total. The van der Waals surface area contributed by atoms with Crippen molar-refractivity contribution in [3.8, 4) is 0 Å². The van der Waals surface area contributed by atoms with Gasteiger partial charge in [0.1, 0.15) is 17.4 Å². The number of anilines is 1. The molecule has 2 aromatic heterocycles. The molecule has 1 aromatic carbocycles. The lowest BCUT2D eigenvalue weighted by molar-refractivity contribution is 0.280. The average Bonchev–Trinajstić information content (AvgIpc) is 2.85. The van der Waals surface area contributed by atoms with Gasteiger partial charge in [0.05, 0.1) is 13.2 Å². The van der Waals surface area contributed by atoms with Gasteiger partial charge in [-0.15, -0.1) is 0 Å². The maximum Gasteiger partial charge on any atom is 0.196 e. The smallest absolute Gasteiger partial charge is 0.196 e. The molecule has 0 aliphatic heterocycles. The van der Waals surface area contributed by atoms with Gasteiger partial charge in [-0.05, 0) is 12.1 Å². The highest BCUT2D eigenvalue weighted by Crippen LogP contribution is 2.31. The van der Waals surface area contributed by atoms with Crippen LogP contribution < -0.4 is 4.90 Å². The molecule has 6 heteroatoms. The van der Waals surface area contributed by atoms with E-state index in [1.165, 1.54) is 6.33 Å². The summed E-state index contributed by atoms with van der Waals surface area (Å²) in [7, 11) is 0. The van der Waals surface area contributed by atoms with Crippen molar-refractivity contribution in [2.75, 3.05) is 31.2 Å². The molecule has 0 radical (unpaired) electrons. The van der Waals surface area contributed by atoms with E-state index in [2.05, 4.69) is 9.97 Å². The van der Waals surface area contributed by atoms with E-state index in [4.69, 9.17) is 14.6 Å². The van der Waals surface area contributed by atoms with E-state index in [-0.39, 0.29) is 13.2 Å². The Morgan fingerprint density at radius 3 is 2.55 bits per heavy atom. The van der Waals surface area contributed by atoms with Crippen LogP contribution in [0.2, 0.25) is 0 Å². The molecule has 0 saturated heterocycles. The van der Waals surface area contributed by atoms with E-state index in [9.17, 15) is 0 Å².